The fourth-order valence-electron chi connectivity index (χ4n) is 2.00. The average molecular weight is 292 g/mol. The number of rotatable bonds is 3. The van der Waals surface area contributed by atoms with Crippen molar-refractivity contribution < 1.29 is 23.1 Å². The van der Waals surface area contributed by atoms with E-state index in [2.05, 4.69) is 0 Å². The van der Waals surface area contributed by atoms with E-state index in [4.69, 9.17) is 5.11 Å². The fraction of sp³-hybridized carbons (Fsp3) is 0.0625. The summed E-state index contributed by atoms with van der Waals surface area (Å²) in [4.78, 5) is 11.1. The summed E-state index contributed by atoms with van der Waals surface area (Å²) in [5.74, 6) is -6.25. The van der Waals surface area contributed by atoms with Crippen molar-refractivity contribution in [1.29, 1.82) is 0 Å². The van der Waals surface area contributed by atoms with Crippen LogP contribution >= 0.6 is 0 Å². The Labute approximate surface area is 119 Å². The Bertz CT molecular complexity index is 719. The minimum Gasteiger partial charge on any atom is -0.478 e. The summed E-state index contributed by atoms with van der Waals surface area (Å²) in [6.45, 7) is 1.82. The lowest BCUT2D eigenvalue weighted by Gasteiger charge is -2.10. The van der Waals surface area contributed by atoms with E-state index < -0.39 is 34.5 Å². The second kappa shape index (κ2) is 5.83. The van der Waals surface area contributed by atoms with E-state index in [1.807, 2.05) is 6.92 Å². The average Bonchev–Trinajstić information content (AvgIpc) is 2.46. The fourth-order valence-corrected chi connectivity index (χ4v) is 2.00. The highest BCUT2D eigenvalue weighted by molar-refractivity contribution is 5.96. The molecule has 0 fully saturated rings. The molecule has 0 heterocycles. The zero-order chi connectivity index (χ0) is 15.6. The molecule has 2 aromatic rings. The van der Waals surface area contributed by atoms with Crippen LogP contribution < -0.4 is 0 Å². The smallest absolute Gasteiger partial charge is 0.336 e. The molecule has 0 atom stereocenters. The van der Waals surface area contributed by atoms with E-state index in [9.17, 15) is 18.0 Å². The van der Waals surface area contributed by atoms with E-state index in [0.717, 1.165) is 5.56 Å². The van der Waals surface area contributed by atoms with Gasteiger partial charge in [-0.25, -0.2) is 18.0 Å². The highest BCUT2D eigenvalue weighted by atomic mass is 19.2. The Balaban J connectivity index is 2.67. The summed E-state index contributed by atoms with van der Waals surface area (Å²) >= 11 is 0. The second-order valence-electron chi connectivity index (χ2n) is 4.34. The van der Waals surface area contributed by atoms with Gasteiger partial charge in [0.25, 0.3) is 0 Å². The van der Waals surface area contributed by atoms with Gasteiger partial charge in [0.1, 0.15) is 0 Å². The van der Waals surface area contributed by atoms with Crippen molar-refractivity contribution in [3.05, 3.63) is 65.0 Å². The van der Waals surface area contributed by atoms with Crippen LogP contribution in [0.2, 0.25) is 0 Å². The number of hydrogen-bond donors (Lipinski definition) is 1. The summed E-state index contributed by atoms with van der Waals surface area (Å²) in [6.07, 6.45) is 3.60. The second-order valence-corrected chi connectivity index (χ2v) is 4.34. The van der Waals surface area contributed by atoms with Crippen LogP contribution in [0.25, 0.3) is 17.2 Å². The number of carboxylic acids is 1. The number of hydrogen-bond acceptors (Lipinski definition) is 1. The van der Waals surface area contributed by atoms with Gasteiger partial charge in [-0.1, -0.05) is 36.4 Å². The number of allylic oxidation sites excluding steroid dienone is 1. The molecule has 108 valence electrons. The van der Waals surface area contributed by atoms with Crippen molar-refractivity contribution in [2.75, 3.05) is 0 Å². The maximum atomic E-state index is 13.9. The van der Waals surface area contributed by atoms with Gasteiger partial charge in [-0.05, 0) is 24.1 Å². The SMILES string of the molecule is C/C=C/c1ccc(-c2c(C(=O)O)cc(F)c(F)c2F)cc1. The lowest BCUT2D eigenvalue weighted by Crippen LogP contribution is -2.06. The highest BCUT2D eigenvalue weighted by Crippen LogP contribution is 2.30. The Morgan fingerprint density at radius 3 is 2.24 bits per heavy atom. The molecular weight excluding hydrogens is 281 g/mol. The molecule has 0 spiro atoms. The molecule has 0 saturated heterocycles. The lowest BCUT2D eigenvalue weighted by molar-refractivity contribution is 0.0696. The third-order valence-corrected chi connectivity index (χ3v) is 2.95. The molecular formula is C16H11F3O2. The Morgan fingerprint density at radius 2 is 1.71 bits per heavy atom. The Hall–Kier alpha value is -2.56. The van der Waals surface area contributed by atoms with Crippen LogP contribution in [0, 0.1) is 17.5 Å². The van der Waals surface area contributed by atoms with Gasteiger partial charge < -0.3 is 5.11 Å². The molecule has 0 aliphatic rings. The lowest BCUT2D eigenvalue weighted by atomic mass is 9.97. The summed E-state index contributed by atoms with van der Waals surface area (Å²) in [5.41, 5.74) is -0.100. The molecule has 0 radical (unpaired) electrons. The van der Waals surface area contributed by atoms with Crippen LogP contribution in [0.3, 0.4) is 0 Å². The first-order valence-electron chi connectivity index (χ1n) is 6.09. The van der Waals surface area contributed by atoms with Crippen LogP contribution in [-0.4, -0.2) is 11.1 Å². The molecule has 0 saturated carbocycles. The number of carbonyl (C=O) groups is 1. The molecule has 0 aliphatic carbocycles. The van der Waals surface area contributed by atoms with Crippen LogP contribution in [0.15, 0.2) is 36.4 Å². The van der Waals surface area contributed by atoms with Gasteiger partial charge >= 0.3 is 5.97 Å². The first kappa shape index (κ1) is 14.8. The van der Waals surface area contributed by atoms with Gasteiger partial charge in [0.05, 0.1) is 5.56 Å². The third-order valence-electron chi connectivity index (χ3n) is 2.95. The van der Waals surface area contributed by atoms with E-state index >= 15 is 0 Å². The third kappa shape index (κ3) is 2.81. The van der Waals surface area contributed by atoms with Crippen LogP contribution in [-0.2, 0) is 0 Å². The predicted octanol–water partition coefficient (Wildman–Crippen LogP) is 4.50. The maximum absolute atomic E-state index is 13.9. The summed E-state index contributed by atoms with van der Waals surface area (Å²) in [6, 6.07) is 6.65. The van der Waals surface area contributed by atoms with Gasteiger partial charge in [0, 0.05) is 5.56 Å². The van der Waals surface area contributed by atoms with Crippen molar-refractivity contribution >= 4 is 12.0 Å². The van der Waals surface area contributed by atoms with Crippen molar-refractivity contribution in [3.63, 3.8) is 0 Å². The molecule has 2 rings (SSSR count). The van der Waals surface area contributed by atoms with E-state index in [0.29, 0.717) is 6.07 Å². The van der Waals surface area contributed by atoms with Crippen molar-refractivity contribution in [3.8, 4) is 11.1 Å². The van der Waals surface area contributed by atoms with Crippen molar-refractivity contribution in [2.24, 2.45) is 0 Å². The van der Waals surface area contributed by atoms with Crippen molar-refractivity contribution in [2.45, 2.75) is 6.92 Å². The summed E-state index contributed by atoms with van der Waals surface area (Å²) in [5, 5.41) is 9.04. The van der Waals surface area contributed by atoms with Gasteiger partial charge in [-0.15, -0.1) is 0 Å². The molecule has 1 N–H and O–H groups in total. The van der Waals surface area contributed by atoms with Crippen LogP contribution in [0.1, 0.15) is 22.8 Å². The number of aromatic carboxylic acids is 1. The molecule has 5 heteroatoms. The van der Waals surface area contributed by atoms with Gasteiger partial charge in [0.15, 0.2) is 17.5 Å². The molecule has 0 unspecified atom stereocenters. The van der Waals surface area contributed by atoms with Crippen LogP contribution in [0.4, 0.5) is 13.2 Å². The first-order chi connectivity index (χ1) is 9.95. The van der Waals surface area contributed by atoms with E-state index in [1.54, 1.807) is 24.3 Å². The van der Waals surface area contributed by atoms with E-state index in [-0.39, 0.29) is 5.56 Å². The Morgan fingerprint density at radius 1 is 1.10 bits per heavy atom. The molecule has 0 amide bonds. The zero-order valence-electron chi connectivity index (χ0n) is 11.0. The first-order valence-corrected chi connectivity index (χ1v) is 6.09. The van der Waals surface area contributed by atoms with Crippen LogP contribution in [0.5, 0.6) is 0 Å². The Kier molecular flexibility index (Phi) is 4.12. The molecule has 21 heavy (non-hydrogen) atoms. The molecule has 2 aromatic carbocycles. The zero-order valence-corrected chi connectivity index (χ0v) is 11.0. The standard InChI is InChI=1S/C16H11F3O2/c1-2-3-9-4-6-10(7-5-9)13-11(16(20)21)8-12(17)14(18)15(13)19/h2-8H,1H3,(H,20,21)/b3-2+. The number of benzene rings is 2. The topological polar surface area (TPSA) is 37.3 Å². The van der Waals surface area contributed by atoms with E-state index in [1.165, 1.54) is 12.1 Å². The summed E-state index contributed by atoms with van der Waals surface area (Å²) < 4.78 is 40.5. The largest absolute Gasteiger partial charge is 0.478 e. The molecule has 0 aromatic heterocycles. The predicted molar refractivity (Wildman–Crippen MR) is 73.4 cm³/mol. The monoisotopic (exact) mass is 292 g/mol. The van der Waals surface area contributed by atoms with Gasteiger partial charge in [0.2, 0.25) is 0 Å². The molecule has 0 bridgehead atoms. The minimum atomic E-state index is -1.69. The quantitative estimate of drug-likeness (QED) is 0.845. The number of halogens is 3. The van der Waals surface area contributed by atoms with Gasteiger partial charge in [-0.3, -0.25) is 0 Å². The normalized spacial score (nSPS) is 11.0. The van der Waals surface area contributed by atoms with Gasteiger partial charge in [-0.2, -0.15) is 0 Å². The minimum absolute atomic E-state index is 0.164. The number of carboxylic acid groups (broad SMARTS) is 1. The van der Waals surface area contributed by atoms with Crippen molar-refractivity contribution in [1.82, 2.24) is 0 Å². The molecule has 2 nitrogen and oxygen atoms in total. The summed E-state index contributed by atoms with van der Waals surface area (Å²) in [7, 11) is 0. The maximum Gasteiger partial charge on any atom is 0.336 e. The molecule has 0 aliphatic heterocycles. The highest BCUT2D eigenvalue weighted by Gasteiger charge is 2.23.